The number of carboxylic acids is 1. The minimum absolute atomic E-state index is 0.677. The van der Waals surface area contributed by atoms with Crippen LogP contribution in [0.4, 0.5) is 13.6 Å². The van der Waals surface area contributed by atoms with E-state index in [0.717, 1.165) is 0 Å². The van der Waals surface area contributed by atoms with Crippen LogP contribution in [-0.2, 0) is 9.53 Å². The predicted octanol–water partition coefficient (Wildman–Crippen LogP) is 2.01. The lowest BCUT2D eigenvalue weighted by Crippen LogP contribution is -2.43. The van der Waals surface area contributed by atoms with E-state index < -0.39 is 48.4 Å². The standard InChI is InChI=1S/C11H17F2NO4/c1-10(2,3)18-9(17)14-7-5-11(12,13)4-6(7)8(15)16/h6-7H,4-5H2,1-3H3,(H,14,17)(H,15,16)/t6-,7+/m0/s1. The molecular weight excluding hydrogens is 248 g/mol. The molecule has 0 aromatic carbocycles. The number of alkyl carbamates (subject to hydrolysis) is 1. The molecule has 1 aliphatic rings. The quantitative estimate of drug-likeness (QED) is 0.800. The molecule has 0 saturated heterocycles. The van der Waals surface area contributed by atoms with Crippen LogP contribution in [0.5, 0.6) is 0 Å². The van der Waals surface area contributed by atoms with E-state index >= 15 is 0 Å². The van der Waals surface area contributed by atoms with Crippen molar-refractivity contribution in [2.75, 3.05) is 0 Å². The van der Waals surface area contributed by atoms with Crippen molar-refractivity contribution in [3.8, 4) is 0 Å². The Morgan fingerprint density at radius 2 is 1.89 bits per heavy atom. The Bertz CT molecular complexity index is 351. The van der Waals surface area contributed by atoms with Crippen molar-refractivity contribution in [1.29, 1.82) is 0 Å². The van der Waals surface area contributed by atoms with Gasteiger partial charge in [-0.3, -0.25) is 4.79 Å². The largest absolute Gasteiger partial charge is 0.481 e. The van der Waals surface area contributed by atoms with Gasteiger partial charge in [0.1, 0.15) is 5.60 Å². The van der Waals surface area contributed by atoms with E-state index in [2.05, 4.69) is 5.32 Å². The molecule has 1 rings (SSSR count). The SMILES string of the molecule is CC(C)(C)OC(=O)N[C@@H]1CC(F)(F)C[C@@H]1C(=O)O. The molecule has 0 aromatic heterocycles. The number of nitrogens with one attached hydrogen (secondary N) is 1. The molecule has 0 heterocycles. The second-order valence-corrected chi connectivity index (χ2v) is 5.46. The third-order valence-electron chi connectivity index (χ3n) is 2.54. The van der Waals surface area contributed by atoms with Crippen LogP contribution >= 0.6 is 0 Å². The average Bonchev–Trinajstić information content (AvgIpc) is 2.37. The summed E-state index contributed by atoms with van der Waals surface area (Å²) in [6.45, 7) is 4.89. The number of hydrogen-bond donors (Lipinski definition) is 2. The highest BCUT2D eigenvalue weighted by atomic mass is 19.3. The van der Waals surface area contributed by atoms with E-state index in [1.165, 1.54) is 0 Å². The molecule has 1 saturated carbocycles. The second-order valence-electron chi connectivity index (χ2n) is 5.46. The van der Waals surface area contributed by atoms with Crippen LogP contribution in [0.1, 0.15) is 33.6 Å². The molecule has 2 atom stereocenters. The van der Waals surface area contributed by atoms with Gasteiger partial charge in [0, 0.05) is 12.8 Å². The second kappa shape index (κ2) is 4.70. The summed E-state index contributed by atoms with van der Waals surface area (Å²) in [7, 11) is 0. The summed E-state index contributed by atoms with van der Waals surface area (Å²) < 4.78 is 31.2. The zero-order chi connectivity index (χ0) is 14.1. The summed E-state index contributed by atoms with van der Waals surface area (Å²) in [6, 6.07) is -1.10. The number of aliphatic carboxylic acids is 1. The molecule has 18 heavy (non-hydrogen) atoms. The smallest absolute Gasteiger partial charge is 0.407 e. The van der Waals surface area contributed by atoms with Gasteiger partial charge in [-0.15, -0.1) is 0 Å². The third kappa shape index (κ3) is 4.12. The Morgan fingerprint density at radius 3 is 2.33 bits per heavy atom. The van der Waals surface area contributed by atoms with Crippen LogP contribution < -0.4 is 5.32 Å². The zero-order valence-electron chi connectivity index (χ0n) is 10.5. The maximum absolute atomic E-state index is 13.1. The van der Waals surface area contributed by atoms with Crippen molar-refractivity contribution in [3.63, 3.8) is 0 Å². The normalized spacial score (nSPS) is 26.7. The van der Waals surface area contributed by atoms with E-state index in [1.807, 2.05) is 0 Å². The summed E-state index contributed by atoms with van der Waals surface area (Å²) in [6.07, 6.45) is -2.32. The fourth-order valence-electron chi connectivity index (χ4n) is 1.88. The first-order chi connectivity index (χ1) is 8.00. The molecular formula is C11H17F2NO4. The predicted molar refractivity (Wildman–Crippen MR) is 58.5 cm³/mol. The molecule has 0 unspecified atom stereocenters. The number of carbonyl (C=O) groups is 2. The summed E-state index contributed by atoms with van der Waals surface area (Å²) in [4.78, 5) is 22.3. The van der Waals surface area contributed by atoms with Gasteiger partial charge in [0.15, 0.2) is 0 Å². The Labute approximate surface area is 103 Å². The number of carboxylic acid groups (broad SMARTS) is 1. The van der Waals surface area contributed by atoms with Gasteiger partial charge in [-0.1, -0.05) is 0 Å². The Morgan fingerprint density at radius 1 is 1.33 bits per heavy atom. The third-order valence-corrected chi connectivity index (χ3v) is 2.54. The Balaban J connectivity index is 2.65. The summed E-state index contributed by atoms with van der Waals surface area (Å²) >= 11 is 0. The average molecular weight is 265 g/mol. The zero-order valence-corrected chi connectivity index (χ0v) is 10.5. The lowest BCUT2D eigenvalue weighted by molar-refractivity contribution is -0.143. The van der Waals surface area contributed by atoms with Gasteiger partial charge >= 0.3 is 12.1 Å². The minimum Gasteiger partial charge on any atom is -0.481 e. The Kier molecular flexibility index (Phi) is 3.83. The molecule has 5 nitrogen and oxygen atoms in total. The molecule has 1 fully saturated rings. The first-order valence-corrected chi connectivity index (χ1v) is 5.60. The molecule has 0 radical (unpaired) electrons. The molecule has 0 aromatic rings. The fraction of sp³-hybridized carbons (Fsp3) is 0.818. The van der Waals surface area contributed by atoms with Crippen LogP contribution in [0.3, 0.4) is 0 Å². The van der Waals surface area contributed by atoms with Crippen molar-refractivity contribution < 1.29 is 28.2 Å². The highest BCUT2D eigenvalue weighted by molar-refractivity contribution is 5.74. The topological polar surface area (TPSA) is 75.6 Å². The van der Waals surface area contributed by atoms with Gasteiger partial charge in [0.25, 0.3) is 5.92 Å². The van der Waals surface area contributed by atoms with Crippen LogP contribution in [-0.4, -0.2) is 34.7 Å². The number of rotatable bonds is 2. The first-order valence-electron chi connectivity index (χ1n) is 5.60. The summed E-state index contributed by atoms with van der Waals surface area (Å²) in [5.74, 6) is -5.69. The molecule has 0 aliphatic heterocycles. The number of hydrogen-bond acceptors (Lipinski definition) is 3. The van der Waals surface area contributed by atoms with Crippen LogP contribution in [0, 0.1) is 5.92 Å². The van der Waals surface area contributed by atoms with Crippen molar-refractivity contribution in [2.24, 2.45) is 5.92 Å². The maximum Gasteiger partial charge on any atom is 0.407 e. The molecule has 0 bridgehead atoms. The molecule has 0 spiro atoms. The highest BCUT2D eigenvalue weighted by Gasteiger charge is 2.50. The number of amides is 1. The lowest BCUT2D eigenvalue weighted by atomic mass is 10.0. The van der Waals surface area contributed by atoms with Crippen molar-refractivity contribution in [2.45, 2.75) is 51.2 Å². The first kappa shape index (κ1) is 14.7. The minimum atomic E-state index is -3.07. The van der Waals surface area contributed by atoms with Crippen LogP contribution in [0.15, 0.2) is 0 Å². The molecule has 1 amide bonds. The van der Waals surface area contributed by atoms with Gasteiger partial charge in [-0.05, 0) is 20.8 Å². The van der Waals surface area contributed by atoms with E-state index in [9.17, 15) is 18.4 Å². The fourth-order valence-corrected chi connectivity index (χ4v) is 1.88. The van der Waals surface area contributed by atoms with Crippen LogP contribution in [0.2, 0.25) is 0 Å². The van der Waals surface area contributed by atoms with Gasteiger partial charge in [0.05, 0.1) is 12.0 Å². The Hall–Kier alpha value is -1.40. The number of ether oxygens (including phenoxy) is 1. The van der Waals surface area contributed by atoms with Gasteiger partial charge in [-0.2, -0.15) is 0 Å². The van der Waals surface area contributed by atoms with Gasteiger partial charge in [0.2, 0.25) is 0 Å². The summed E-state index contributed by atoms with van der Waals surface area (Å²) in [5, 5.41) is 11.0. The number of carbonyl (C=O) groups excluding carboxylic acids is 1. The van der Waals surface area contributed by atoms with E-state index in [0.29, 0.717) is 0 Å². The molecule has 104 valence electrons. The molecule has 7 heteroatoms. The van der Waals surface area contributed by atoms with Crippen molar-refractivity contribution in [1.82, 2.24) is 5.32 Å². The number of alkyl halides is 2. The monoisotopic (exact) mass is 265 g/mol. The van der Waals surface area contributed by atoms with E-state index in [1.54, 1.807) is 20.8 Å². The van der Waals surface area contributed by atoms with Gasteiger partial charge in [-0.25, -0.2) is 13.6 Å². The van der Waals surface area contributed by atoms with E-state index in [-0.39, 0.29) is 0 Å². The highest BCUT2D eigenvalue weighted by Crippen LogP contribution is 2.39. The van der Waals surface area contributed by atoms with Crippen molar-refractivity contribution >= 4 is 12.1 Å². The molecule has 2 N–H and O–H groups in total. The summed E-state index contributed by atoms with van der Waals surface area (Å²) in [5.41, 5.74) is -0.760. The molecule has 1 aliphatic carbocycles. The van der Waals surface area contributed by atoms with Crippen LogP contribution in [0.25, 0.3) is 0 Å². The van der Waals surface area contributed by atoms with E-state index in [4.69, 9.17) is 9.84 Å². The maximum atomic E-state index is 13.1. The number of halogens is 2. The lowest BCUT2D eigenvalue weighted by Gasteiger charge is -2.23. The van der Waals surface area contributed by atoms with Crippen molar-refractivity contribution in [3.05, 3.63) is 0 Å². The van der Waals surface area contributed by atoms with Gasteiger partial charge < -0.3 is 15.2 Å².